The topological polar surface area (TPSA) is 29.9 Å². The summed E-state index contributed by atoms with van der Waals surface area (Å²) in [6.07, 6.45) is 1.46. The highest BCUT2D eigenvalue weighted by atomic mass is 16.3. The maximum Gasteiger partial charge on any atom is 0.227 e. The van der Waals surface area contributed by atoms with Crippen molar-refractivity contribution in [1.29, 1.82) is 0 Å². The van der Waals surface area contributed by atoms with Crippen LogP contribution in [0.2, 0.25) is 0 Å². The molecule has 5 rings (SSSR count). The third kappa shape index (κ3) is 3.04. The number of pyridine rings is 2. The molecule has 3 nitrogen and oxygen atoms in total. The summed E-state index contributed by atoms with van der Waals surface area (Å²) in [5, 5.41) is 1.59. The number of nitrogens with zero attached hydrogens (tertiary/aromatic N) is 2. The Bertz CT molecular complexity index is 1510. The van der Waals surface area contributed by atoms with Crippen LogP contribution in [0.4, 0.5) is 0 Å². The van der Waals surface area contributed by atoms with E-state index in [2.05, 4.69) is 4.98 Å². The standard InChI is InChI=1S/C26H29N2O/c1-16(2)19-13-14-28(4)23(15-19)24-17(3)9-10-20-21-11-12-22(18-7-5-6-8-18)27-26(21)29-25(20)24/h9-16,18H,5-8H2,1-4H3/q+1/i1D3,7D2,16D,18D. The minimum absolute atomic E-state index is 0.331. The Balaban J connectivity index is 1.73. The van der Waals surface area contributed by atoms with Crippen LogP contribution in [-0.2, 0) is 7.05 Å². The van der Waals surface area contributed by atoms with Crippen LogP contribution < -0.4 is 4.57 Å². The van der Waals surface area contributed by atoms with Crippen molar-refractivity contribution in [3.05, 3.63) is 59.4 Å². The number of aromatic nitrogens is 2. The molecular formula is C26H29N2O+. The molecule has 0 bridgehead atoms. The lowest BCUT2D eigenvalue weighted by Gasteiger charge is -2.09. The SMILES string of the molecule is [2H]C([2H])([2H])C([2H])(C)c1cc[n+](C)c(-c2c(C)ccc3c2oc2nc(C4([2H])CCCC4([2H])[2H])ccc23)c1. The van der Waals surface area contributed by atoms with Gasteiger partial charge in [-0.1, -0.05) is 38.8 Å². The Hall–Kier alpha value is -2.68. The predicted octanol–water partition coefficient (Wildman–Crippen LogP) is 6.56. The molecule has 0 saturated heterocycles. The lowest BCUT2D eigenvalue weighted by atomic mass is 9.97. The minimum Gasteiger partial charge on any atom is -0.437 e. The van der Waals surface area contributed by atoms with Crippen molar-refractivity contribution in [2.75, 3.05) is 0 Å². The zero-order valence-electron chi connectivity index (χ0n) is 24.0. The molecule has 2 atom stereocenters. The number of rotatable bonds is 3. The summed E-state index contributed by atoms with van der Waals surface area (Å²) in [5.41, 5.74) is 4.07. The fourth-order valence-electron chi connectivity index (χ4n) is 4.17. The van der Waals surface area contributed by atoms with Gasteiger partial charge < -0.3 is 4.42 Å². The molecule has 4 aromatic rings. The van der Waals surface area contributed by atoms with Gasteiger partial charge in [-0.2, -0.15) is 0 Å². The smallest absolute Gasteiger partial charge is 0.227 e. The third-order valence-corrected chi connectivity index (χ3v) is 5.81. The van der Waals surface area contributed by atoms with E-state index >= 15 is 0 Å². The fraction of sp³-hybridized carbons (Fsp3) is 0.385. The van der Waals surface area contributed by atoms with Crippen LogP contribution in [0.15, 0.2) is 47.0 Å². The van der Waals surface area contributed by atoms with E-state index < -0.39 is 25.0 Å². The molecule has 3 aromatic heterocycles. The van der Waals surface area contributed by atoms with E-state index in [0.29, 0.717) is 47.5 Å². The molecular weight excluding hydrogens is 356 g/mol. The number of furan rings is 1. The summed E-state index contributed by atoms with van der Waals surface area (Å²) in [6.45, 7) is 0.850. The molecule has 0 N–H and O–H groups in total. The molecule has 3 heterocycles. The molecule has 29 heavy (non-hydrogen) atoms. The summed E-state index contributed by atoms with van der Waals surface area (Å²) in [6, 6.07) is 10.9. The van der Waals surface area contributed by atoms with Gasteiger partial charge in [0.25, 0.3) is 0 Å². The van der Waals surface area contributed by atoms with Gasteiger partial charge in [0.15, 0.2) is 11.8 Å². The highest BCUT2D eigenvalue weighted by molar-refractivity contribution is 6.08. The van der Waals surface area contributed by atoms with Gasteiger partial charge in [0, 0.05) is 44.1 Å². The zero-order chi connectivity index (χ0) is 26.3. The second-order valence-corrected chi connectivity index (χ2v) is 7.83. The lowest BCUT2D eigenvalue weighted by Crippen LogP contribution is -2.31. The van der Waals surface area contributed by atoms with Crippen LogP contribution in [0.5, 0.6) is 0 Å². The van der Waals surface area contributed by atoms with Crippen molar-refractivity contribution >= 4 is 22.1 Å². The van der Waals surface area contributed by atoms with E-state index in [1.807, 2.05) is 36.7 Å². The maximum absolute atomic E-state index is 8.86. The highest BCUT2D eigenvalue weighted by Crippen LogP contribution is 2.39. The highest BCUT2D eigenvalue weighted by Gasteiger charge is 2.23. The molecule has 1 saturated carbocycles. The van der Waals surface area contributed by atoms with E-state index in [1.54, 1.807) is 24.4 Å². The predicted molar refractivity (Wildman–Crippen MR) is 118 cm³/mol. The van der Waals surface area contributed by atoms with Crippen molar-refractivity contribution < 1.29 is 18.6 Å². The number of hydrogen-bond donors (Lipinski definition) is 0. The van der Waals surface area contributed by atoms with Gasteiger partial charge in [-0.05, 0) is 48.9 Å². The average Bonchev–Trinajstić information content (AvgIpc) is 3.29. The van der Waals surface area contributed by atoms with Gasteiger partial charge in [-0.25, -0.2) is 9.55 Å². The molecule has 2 unspecified atom stereocenters. The second-order valence-electron chi connectivity index (χ2n) is 7.83. The molecule has 148 valence electrons. The molecule has 1 fully saturated rings. The van der Waals surface area contributed by atoms with Crippen LogP contribution in [-0.4, -0.2) is 4.98 Å². The lowest BCUT2D eigenvalue weighted by molar-refractivity contribution is -0.660. The van der Waals surface area contributed by atoms with Crippen LogP contribution in [0.1, 0.15) is 77.6 Å². The quantitative estimate of drug-likeness (QED) is 0.369. The molecule has 0 aliphatic heterocycles. The Labute approximate surface area is 182 Å². The van der Waals surface area contributed by atoms with Crippen LogP contribution in [0.25, 0.3) is 33.3 Å². The van der Waals surface area contributed by atoms with E-state index in [4.69, 9.17) is 14.0 Å². The summed E-state index contributed by atoms with van der Waals surface area (Å²) in [5.74, 6) is -3.21. The Kier molecular flexibility index (Phi) is 2.92. The summed E-state index contributed by atoms with van der Waals surface area (Å²) in [4.78, 5) is 4.63. The van der Waals surface area contributed by atoms with Gasteiger partial charge in [0.1, 0.15) is 7.05 Å². The number of benzene rings is 1. The van der Waals surface area contributed by atoms with Crippen molar-refractivity contribution in [2.24, 2.45) is 7.05 Å². The molecule has 1 aliphatic rings. The first-order valence-electron chi connectivity index (χ1n) is 13.5. The van der Waals surface area contributed by atoms with E-state index in [1.165, 1.54) is 6.92 Å². The molecule has 1 aromatic carbocycles. The Morgan fingerprint density at radius 3 is 2.93 bits per heavy atom. The van der Waals surface area contributed by atoms with Crippen LogP contribution >= 0.6 is 0 Å². The first-order valence-corrected chi connectivity index (χ1v) is 10.0. The number of aryl methyl sites for hydroxylation is 2. The van der Waals surface area contributed by atoms with Gasteiger partial charge in [0.05, 0.1) is 5.56 Å². The van der Waals surface area contributed by atoms with Crippen molar-refractivity contribution in [3.63, 3.8) is 0 Å². The minimum atomic E-state index is -2.50. The number of fused-ring (bicyclic) bond motifs is 3. The molecule has 3 heteroatoms. The first-order chi connectivity index (χ1) is 16.7. The van der Waals surface area contributed by atoms with Gasteiger partial charge in [-0.3, -0.25) is 0 Å². The molecule has 0 amide bonds. The number of hydrogen-bond acceptors (Lipinski definition) is 2. The average molecular weight is 393 g/mol. The van der Waals surface area contributed by atoms with E-state index in [9.17, 15) is 0 Å². The molecule has 0 spiro atoms. The third-order valence-electron chi connectivity index (χ3n) is 5.81. The first kappa shape index (κ1) is 12.1. The normalized spacial score (nSPS) is 27.3. The maximum atomic E-state index is 8.86. The van der Waals surface area contributed by atoms with Crippen LogP contribution in [0, 0.1) is 6.92 Å². The van der Waals surface area contributed by atoms with Crippen molar-refractivity contribution in [2.45, 2.75) is 58.1 Å². The van der Waals surface area contributed by atoms with Gasteiger partial charge in [-0.15, -0.1) is 0 Å². The van der Waals surface area contributed by atoms with Crippen molar-refractivity contribution in [1.82, 2.24) is 4.98 Å². The van der Waals surface area contributed by atoms with E-state index in [0.717, 1.165) is 21.9 Å². The largest absolute Gasteiger partial charge is 0.437 e. The van der Waals surface area contributed by atoms with Gasteiger partial charge >= 0.3 is 0 Å². The van der Waals surface area contributed by atoms with Gasteiger partial charge in [0.2, 0.25) is 11.4 Å². The van der Waals surface area contributed by atoms with Crippen molar-refractivity contribution in [3.8, 4) is 11.3 Å². The fourth-order valence-corrected chi connectivity index (χ4v) is 4.17. The zero-order valence-corrected chi connectivity index (χ0v) is 17.0. The van der Waals surface area contributed by atoms with Crippen LogP contribution in [0.3, 0.4) is 0 Å². The summed E-state index contributed by atoms with van der Waals surface area (Å²) < 4.78 is 65.8. The molecule has 0 radical (unpaired) electrons. The van der Waals surface area contributed by atoms with E-state index in [-0.39, 0.29) is 0 Å². The summed E-state index contributed by atoms with van der Waals surface area (Å²) in [7, 11) is 1.86. The second kappa shape index (κ2) is 6.98. The molecule has 1 aliphatic carbocycles. The Morgan fingerprint density at radius 2 is 2.14 bits per heavy atom. The summed E-state index contributed by atoms with van der Waals surface area (Å²) >= 11 is 0. The Morgan fingerprint density at radius 1 is 1.28 bits per heavy atom. The monoisotopic (exact) mass is 392 g/mol.